The topological polar surface area (TPSA) is 47.1 Å². The summed E-state index contributed by atoms with van der Waals surface area (Å²) in [7, 11) is 2.18. The number of fused-ring (bicyclic) bond motifs is 1. The fourth-order valence-corrected chi connectivity index (χ4v) is 5.63. The summed E-state index contributed by atoms with van der Waals surface area (Å²) in [6.07, 6.45) is 5.35. The Hall–Kier alpha value is -0.980. The van der Waals surface area contributed by atoms with E-state index in [0.29, 0.717) is 36.0 Å². The maximum absolute atomic E-state index is 13.1. The van der Waals surface area contributed by atoms with Crippen LogP contribution in [0.1, 0.15) is 52.4 Å². The molecule has 6 heteroatoms. The van der Waals surface area contributed by atoms with Gasteiger partial charge in [-0.1, -0.05) is 6.92 Å². The summed E-state index contributed by atoms with van der Waals surface area (Å²) >= 11 is 0. The van der Waals surface area contributed by atoms with Gasteiger partial charge in [-0.2, -0.15) is 0 Å². The van der Waals surface area contributed by atoms with Gasteiger partial charge in [0.25, 0.3) is 0 Å². The molecule has 29 heavy (non-hydrogen) atoms. The molecule has 2 aliphatic heterocycles. The molecule has 3 rings (SSSR count). The van der Waals surface area contributed by atoms with E-state index in [1.807, 2.05) is 0 Å². The Kier molecular flexibility index (Phi) is 8.51. The SMILES string of the molecule is CCCN1C[C@@H](CC(=O)N(CC)CCN2CCN(C)CC2)C[C@@H]2CC(=O)CC[C@H]21. The molecule has 0 aromatic heterocycles. The van der Waals surface area contributed by atoms with E-state index in [-0.39, 0.29) is 0 Å². The van der Waals surface area contributed by atoms with Gasteiger partial charge >= 0.3 is 0 Å². The van der Waals surface area contributed by atoms with E-state index in [1.54, 1.807) is 0 Å². The zero-order valence-corrected chi connectivity index (χ0v) is 18.9. The molecule has 3 atom stereocenters. The van der Waals surface area contributed by atoms with Crippen molar-refractivity contribution in [2.24, 2.45) is 11.8 Å². The molecule has 1 saturated carbocycles. The third-order valence-corrected chi connectivity index (χ3v) is 7.34. The Morgan fingerprint density at radius 1 is 1.14 bits per heavy atom. The number of Topliss-reactive ketones (excluding diaryl/α,β-unsaturated/α-hetero) is 1. The molecule has 0 aromatic rings. The Bertz CT molecular complexity index is 547. The second kappa shape index (κ2) is 10.9. The van der Waals surface area contributed by atoms with Crippen LogP contribution in [0.15, 0.2) is 0 Å². The molecule has 0 spiro atoms. The lowest BCUT2D eigenvalue weighted by molar-refractivity contribution is -0.133. The lowest BCUT2D eigenvalue weighted by Crippen LogP contribution is -2.52. The van der Waals surface area contributed by atoms with Gasteiger partial charge in [-0.15, -0.1) is 0 Å². The normalized spacial score (nSPS) is 29.6. The summed E-state index contributed by atoms with van der Waals surface area (Å²) in [5.74, 6) is 1.61. The molecule has 1 aliphatic carbocycles. The zero-order chi connectivity index (χ0) is 20.8. The maximum atomic E-state index is 13.1. The van der Waals surface area contributed by atoms with Crippen LogP contribution in [0.2, 0.25) is 0 Å². The summed E-state index contributed by atoms with van der Waals surface area (Å²) < 4.78 is 0. The van der Waals surface area contributed by atoms with Crippen molar-refractivity contribution >= 4 is 11.7 Å². The van der Waals surface area contributed by atoms with Crippen molar-refractivity contribution in [2.75, 3.05) is 66.0 Å². The molecule has 0 N–H and O–H groups in total. The Labute approximate surface area is 177 Å². The minimum atomic E-state index is 0.309. The monoisotopic (exact) mass is 406 g/mol. The number of likely N-dealkylation sites (tertiary alicyclic amines) is 1. The molecule has 0 aromatic carbocycles. The fraction of sp³-hybridized carbons (Fsp3) is 0.913. The van der Waals surface area contributed by atoms with Crippen molar-refractivity contribution in [2.45, 2.75) is 58.4 Å². The summed E-state index contributed by atoms with van der Waals surface area (Å²) in [5, 5.41) is 0. The number of rotatable bonds is 8. The molecular weight excluding hydrogens is 364 g/mol. The molecule has 3 fully saturated rings. The van der Waals surface area contributed by atoms with Gasteiger partial charge in [0.1, 0.15) is 5.78 Å². The molecule has 2 heterocycles. The quantitative estimate of drug-likeness (QED) is 0.617. The molecule has 1 amide bonds. The predicted molar refractivity (Wildman–Crippen MR) is 117 cm³/mol. The van der Waals surface area contributed by atoms with Crippen LogP contribution in [-0.4, -0.2) is 103 Å². The van der Waals surface area contributed by atoms with E-state index < -0.39 is 0 Å². The molecule has 2 saturated heterocycles. The van der Waals surface area contributed by atoms with Crippen molar-refractivity contribution in [3.8, 4) is 0 Å². The number of ketones is 1. The molecule has 0 unspecified atom stereocenters. The van der Waals surface area contributed by atoms with Crippen LogP contribution >= 0.6 is 0 Å². The molecule has 166 valence electrons. The summed E-state index contributed by atoms with van der Waals surface area (Å²) in [5.41, 5.74) is 0. The Balaban J connectivity index is 1.51. The molecule has 3 aliphatic rings. The first-order valence-corrected chi connectivity index (χ1v) is 11.9. The van der Waals surface area contributed by atoms with E-state index in [0.717, 1.165) is 91.0 Å². The number of nitrogens with zero attached hydrogens (tertiary/aromatic N) is 4. The van der Waals surface area contributed by atoms with Gasteiger partial charge in [0, 0.05) is 77.7 Å². The largest absolute Gasteiger partial charge is 0.342 e. The predicted octanol–water partition coefficient (Wildman–Crippen LogP) is 1.94. The summed E-state index contributed by atoms with van der Waals surface area (Å²) in [6, 6.07) is 0.568. The highest BCUT2D eigenvalue weighted by molar-refractivity contribution is 5.79. The zero-order valence-electron chi connectivity index (χ0n) is 18.9. The molecule has 0 bridgehead atoms. The van der Waals surface area contributed by atoms with E-state index in [1.165, 1.54) is 0 Å². The second-order valence-electron chi connectivity index (χ2n) is 9.53. The second-order valence-corrected chi connectivity index (χ2v) is 9.53. The lowest BCUT2D eigenvalue weighted by Gasteiger charge is -2.47. The average molecular weight is 407 g/mol. The van der Waals surface area contributed by atoms with Crippen LogP contribution in [0.25, 0.3) is 0 Å². The first-order valence-electron chi connectivity index (χ1n) is 11.9. The van der Waals surface area contributed by atoms with Crippen molar-refractivity contribution in [1.29, 1.82) is 0 Å². The third kappa shape index (κ3) is 6.25. The van der Waals surface area contributed by atoms with Gasteiger partial charge in [0.05, 0.1) is 0 Å². The maximum Gasteiger partial charge on any atom is 0.222 e. The first kappa shape index (κ1) is 22.7. The summed E-state index contributed by atoms with van der Waals surface area (Å²) in [4.78, 5) is 34.6. The number of carbonyl (C=O) groups is 2. The molecule has 6 nitrogen and oxygen atoms in total. The van der Waals surface area contributed by atoms with Crippen LogP contribution in [0, 0.1) is 11.8 Å². The van der Waals surface area contributed by atoms with Crippen LogP contribution < -0.4 is 0 Å². The van der Waals surface area contributed by atoms with Gasteiger partial charge in [0.2, 0.25) is 5.91 Å². The molecule has 0 radical (unpaired) electrons. The van der Waals surface area contributed by atoms with Gasteiger partial charge in [-0.3, -0.25) is 19.4 Å². The van der Waals surface area contributed by atoms with E-state index >= 15 is 0 Å². The highest BCUT2D eigenvalue weighted by atomic mass is 16.2. The lowest BCUT2D eigenvalue weighted by atomic mass is 9.73. The number of hydrogen-bond acceptors (Lipinski definition) is 5. The first-order chi connectivity index (χ1) is 14.0. The number of hydrogen-bond donors (Lipinski definition) is 0. The number of carbonyl (C=O) groups excluding carboxylic acids is 2. The fourth-order valence-electron chi connectivity index (χ4n) is 5.63. The number of piperazine rings is 1. The summed E-state index contributed by atoms with van der Waals surface area (Å²) in [6.45, 7) is 13.5. The number of likely N-dealkylation sites (N-methyl/N-ethyl adjacent to an activating group) is 2. The average Bonchev–Trinajstić information content (AvgIpc) is 2.69. The number of piperidine rings is 1. The van der Waals surface area contributed by atoms with E-state index in [2.05, 4.69) is 40.5 Å². The van der Waals surface area contributed by atoms with Crippen molar-refractivity contribution in [3.05, 3.63) is 0 Å². The van der Waals surface area contributed by atoms with Crippen LogP contribution in [0.4, 0.5) is 0 Å². The molecular formula is C23H42N4O2. The van der Waals surface area contributed by atoms with Crippen LogP contribution in [0.3, 0.4) is 0 Å². The van der Waals surface area contributed by atoms with Crippen LogP contribution in [-0.2, 0) is 9.59 Å². The van der Waals surface area contributed by atoms with Crippen LogP contribution in [0.5, 0.6) is 0 Å². The number of amides is 1. The van der Waals surface area contributed by atoms with E-state index in [9.17, 15) is 9.59 Å². The highest BCUT2D eigenvalue weighted by Gasteiger charge is 2.40. The minimum absolute atomic E-state index is 0.309. The van der Waals surface area contributed by atoms with Gasteiger partial charge in [-0.25, -0.2) is 0 Å². The van der Waals surface area contributed by atoms with Crippen molar-refractivity contribution < 1.29 is 9.59 Å². The Morgan fingerprint density at radius 2 is 1.90 bits per heavy atom. The Morgan fingerprint density at radius 3 is 2.59 bits per heavy atom. The van der Waals surface area contributed by atoms with Gasteiger partial charge < -0.3 is 9.80 Å². The smallest absolute Gasteiger partial charge is 0.222 e. The van der Waals surface area contributed by atoms with Crippen molar-refractivity contribution in [1.82, 2.24) is 19.6 Å². The standard InChI is InChI=1S/C23H42N4O2/c1-4-8-27-18-19(15-20-17-21(28)6-7-22(20)27)16-23(29)26(5-2)14-13-25-11-9-24(3)10-12-25/h19-20,22H,4-18H2,1-3H3/t19-,20-,22-/m1/s1. The third-order valence-electron chi connectivity index (χ3n) is 7.34. The minimum Gasteiger partial charge on any atom is -0.342 e. The van der Waals surface area contributed by atoms with Gasteiger partial charge in [0.15, 0.2) is 0 Å². The van der Waals surface area contributed by atoms with Gasteiger partial charge in [-0.05, 0) is 51.6 Å². The highest BCUT2D eigenvalue weighted by Crippen LogP contribution is 2.37. The van der Waals surface area contributed by atoms with E-state index in [4.69, 9.17) is 0 Å². The van der Waals surface area contributed by atoms with Crippen molar-refractivity contribution in [3.63, 3.8) is 0 Å².